The van der Waals surface area contributed by atoms with E-state index in [2.05, 4.69) is 25.5 Å². The van der Waals surface area contributed by atoms with E-state index < -0.39 is 18.9 Å². The van der Waals surface area contributed by atoms with Crippen LogP contribution in [-0.4, -0.2) is 56.8 Å². The maximum atomic E-state index is 12.9. The lowest BCUT2D eigenvalue weighted by Crippen LogP contribution is -2.42. The minimum atomic E-state index is -4.37. The van der Waals surface area contributed by atoms with E-state index in [1.54, 1.807) is 12.3 Å². The Bertz CT molecular complexity index is 873. The van der Waals surface area contributed by atoms with Crippen LogP contribution in [0.1, 0.15) is 32.5 Å². The highest BCUT2D eigenvalue weighted by molar-refractivity contribution is 6.41. The molecule has 0 spiro atoms. The Kier molecular flexibility index (Phi) is 4.69. The molecular formula is C17H21F3N8. The predicted molar refractivity (Wildman–Crippen MR) is 99.6 cm³/mol. The van der Waals surface area contributed by atoms with Gasteiger partial charge in [-0.05, 0) is 38.8 Å². The Balaban J connectivity index is 1.57. The fraction of sp³-hybridized carbons (Fsp3) is 0.529. The number of allylic oxidation sites excluding steroid dienone is 1. The molecule has 1 saturated heterocycles. The molecule has 1 aromatic rings. The van der Waals surface area contributed by atoms with Crippen molar-refractivity contribution in [1.29, 1.82) is 0 Å². The number of nitrogens with zero attached hydrogens (tertiary/aromatic N) is 7. The van der Waals surface area contributed by atoms with E-state index in [-0.39, 0.29) is 5.82 Å². The van der Waals surface area contributed by atoms with Crippen LogP contribution in [0.3, 0.4) is 0 Å². The normalized spacial score (nSPS) is 22.6. The predicted octanol–water partition coefficient (Wildman–Crippen LogP) is 2.33. The fourth-order valence-electron chi connectivity index (χ4n) is 3.31. The lowest BCUT2D eigenvalue weighted by molar-refractivity contribution is -0.142. The van der Waals surface area contributed by atoms with Crippen LogP contribution in [0.5, 0.6) is 0 Å². The van der Waals surface area contributed by atoms with Gasteiger partial charge in [0.05, 0.1) is 11.4 Å². The maximum absolute atomic E-state index is 12.9. The summed E-state index contributed by atoms with van der Waals surface area (Å²) in [7, 11) is 0. The highest BCUT2D eigenvalue weighted by atomic mass is 19.4. The first-order valence-electron chi connectivity index (χ1n) is 9.10. The number of fused-ring (bicyclic) bond motifs is 1. The number of hydrazine groups is 1. The Morgan fingerprint density at radius 3 is 2.68 bits per heavy atom. The first-order chi connectivity index (χ1) is 13.3. The van der Waals surface area contributed by atoms with Gasteiger partial charge >= 0.3 is 6.18 Å². The number of rotatable bonds is 4. The van der Waals surface area contributed by atoms with Crippen LogP contribution in [0.25, 0.3) is 6.08 Å². The number of halogens is 3. The third-order valence-electron chi connectivity index (χ3n) is 4.69. The summed E-state index contributed by atoms with van der Waals surface area (Å²) in [6.07, 6.45) is 2.13. The first kappa shape index (κ1) is 18.7. The Morgan fingerprint density at radius 1 is 1.25 bits per heavy atom. The monoisotopic (exact) mass is 394 g/mol. The van der Waals surface area contributed by atoms with E-state index in [0.29, 0.717) is 11.8 Å². The molecular weight excluding hydrogens is 373 g/mol. The zero-order valence-corrected chi connectivity index (χ0v) is 15.6. The average Bonchev–Trinajstić information content (AvgIpc) is 3.34. The molecule has 150 valence electrons. The number of aromatic nitrogens is 3. The molecule has 11 heteroatoms. The van der Waals surface area contributed by atoms with E-state index in [9.17, 15) is 13.2 Å². The fourth-order valence-corrected chi connectivity index (χ4v) is 3.31. The Labute approximate surface area is 160 Å². The molecule has 3 aliphatic heterocycles. The van der Waals surface area contributed by atoms with Gasteiger partial charge in [-0.1, -0.05) is 0 Å². The number of anilines is 1. The summed E-state index contributed by atoms with van der Waals surface area (Å²) >= 11 is 0. The van der Waals surface area contributed by atoms with Crippen molar-refractivity contribution in [2.45, 2.75) is 45.6 Å². The highest BCUT2D eigenvalue weighted by Gasteiger charge is 2.31. The van der Waals surface area contributed by atoms with Gasteiger partial charge < -0.3 is 4.90 Å². The van der Waals surface area contributed by atoms with Crippen LogP contribution in [0.4, 0.5) is 19.1 Å². The van der Waals surface area contributed by atoms with Crippen LogP contribution in [-0.2, 0) is 6.54 Å². The summed E-state index contributed by atoms with van der Waals surface area (Å²) in [5.41, 5.74) is 4.83. The summed E-state index contributed by atoms with van der Waals surface area (Å²) in [4.78, 5) is 15.0. The second-order valence-electron chi connectivity index (χ2n) is 6.94. The zero-order valence-electron chi connectivity index (χ0n) is 15.6. The Morgan fingerprint density at radius 2 is 2.00 bits per heavy atom. The largest absolute Gasteiger partial charge is 0.408 e. The second kappa shape index (κ2) is 7.04. The number of amidine groups is 1. The van der Waals surface area contributed by atoms with Crippen molar-refractivity contribution in [3.05, 3.63) is 23.8 Å². The molecule has 0 aromatic carbocycles. The van der Waals surface area contributed by atoms with Gasteiger partial charge in [0.2, 0.25) is 5.95 Å². The van der Waals surface area contributed by atoms with Gasteiger partial charge in [-0.2, -0.15) is 18.2 Å². The van der Waals surface area contributed by atoms with E-state index in [4.69, 9.17) is 0 Å². The number of nitrogens with one attached hydrogen (secondary N) is 1. The number of hydrogen-bond acceptors (Lipinski definition) is 7. The quantitative estimate of drug-likeness (QED) is 0.849. The van der Waals surface area contributed by atoms with Gasteiger partial charge in [-0.25, -0.2) is 15.1 Å². The van der Waals surface area contributed by atoms with Crippen LogP contribution in [0.2, 0.25) is 0 Å². The van der Waals surface area contributed by atoms with Crippen LogP contribution < -0.4 is 10.3 Å². The van der Waals surface area contributed by atoms with Gasteiger partial charge in [-0.3, -0.25) is 10.0 Å². The Hall–Kier alpha value is -2.69. The maximum Gasteiger partial charge on any atom is 0.408 e. The summed E-state index contributed by atoms with van der Waals surface area (Å²) in [6, 6.07) is 0. The summed E-state index contributed by atoms with van der Waals surface area (Å²) in [5.74, 6) is 1.19. The summed E-state index contributed by atoms with van der Waals surface area (Å²) in [6.45, 7) is 4.09. The molecule has 4 heterocycles. The van der Waals surface area contributed by atoms with Gasteiger partial charge in [-0.15, -0.1) is 5.10 Å². The van der Waals surface area contributed by atoms with Crippen molar-refractivity contribution in [3.8, 4) is 0 Å². The van der Waals surface area contributed by atoms with Gasteiger partial charge in [0.15, 0.2) is 11.7 Å². The minimum absolute atomic E-state index is 0.156. The highest BCUT2D eigenvalue weighted by Crippen LogP contribution is 2.23. The molecule has 1 aromatic heterocycles. The van der Waals surface area contributed by atoms with Crippen molar-refractivity contribution in [3.63, 3.8) is 0 Å². The van der Waals surface area contributed by atoms with Crippen molar-refractivity contribution >= 4 is 23.6 Å². The minimum Gasteiger partial charge on any atom is -0.340 e. The SMILES string of the molecule is CC1=CN=C(C)C2=NC(/C=C/c3nc(N4CCCC4)nn3CC(F)(F)F)NN12. The molecule has 28 heavy (non-hydrogen) atoms. The van der Waals surface area contributed by atoms with Crippen LogP contribution in [0.15, 0.2) is 28.0 Å². The van der Waals surface area contributed by atoms with Crippen molar-refractivity contribution in [1.82, 2.24) is 25.2 Å². The topological polar surface area (TPSA) is 73.9 Å². The summed E-state index contributed by atoms with van der Waals surface area (Å²) < 4.78 is 39.7. The zero-order chi connectivity index (χ0) is 19.9. The van der Waals surface area contributed by atoms with Gasteiger partial charge in [0.1, 0.15) is 12.7 Å². The molecule has 0 bridgehead atoms. The summed E-state index contributed by atoms with van der Waals surface area (Å²) in [5, 5.41) is 5.90. The molecule has 1 unspecified atom stereocenters. The van der Waals surface area contributed by atoms with E-state index in [0.717, 1.165) is 42.0 Å². The molecule has 1 atom stereocenters. The van der Waals surface area contributed by atoms with E-state index in [1.807, 2.05) is 23.8 Å². The third-order valence-corrected chi connectivity index (χ3v) is 4.69. The van der Waals surface area contributed by atoms with Crippen molar-refractivity contribution < 1.29 is 13.2 Å². The van der Waals surface area contributed by atoms with Gasteiger partial charge in [0.25, 0.3) is 0 Å². The van der Waals surface area contributed by atoms with Crippen LogP contribution in [0, 0.1) is 0 Å². The molecule has 0 amide bonds. The number of alkyl halides is 3. The molecule has 8 nitrogen and oxygen atoms in total. The average molecular weight is 394 g/mol. The molecule has 0 aliphatic carbocycles. The lowest BCUT2D eigenvalue weighted by atomic mass is 10.3. The molecule has 3 aliphatic rings. The smallest absolute Gasteiger partial charge is 0.340 e. The second-order valence-corrected chi connectivity index (χ2v) is 6.94. The van der Waals surface area contributed by atoms with E-state index >= 15 is 0 Å². The number of hydrogen-bond donors (Lipinski definition) is 1. The van der Waals surface area contributed by atoms with Crippen molar-refractivity contribution in [2.24, 2.45) is 9.98 Å². The number of aliphatic imine (C=N–C) groups is 2. The van der Waals surface area contributed by atoms with E-state index in [1.165, 1.54) is 6.08 Å². The molecule has 1 N–H and O–H groups in total. The van der Waals surface area contributed by atoms with Crippen molar-refractivity contribution in [2.75, 3.05) is 18.0 Å². The van der Waals surface area contributed by atoms with Crippen LogP contribution >= 0.6 is 0 Å². The lowest BCUT2D eigenvalue weighted by Gasteiger charge is -2.23. The molecule has 4 rings (SSSR count). The standard InChI is InChI=1S/C17H21F3N8/c1-11-9-21-12(2)15-22-13(24-28(11)15)5-6-14-23-16(26-7-3-4-8-26)25-27(14)10-17(18,19)20/h5-6,9,13,24H,3-4,7-8,10H2,1-2H3/b6-5+. The molecule has 0 radical (unpaired) electrons. The molecule has 1 fully saturated rings. The van der Waals surface area contributed by atoms with Gasteiger partial charge in [0, 0.05) is 19.3 Å². The first-order valence-corrected chi connectivity index (χ1v) is 9.10. The molecule has 0 saturated carbocycles. The third kappa shape index (κ3) is 3.79.